The second-order valence-corrected chi connectivity index (χ2v) is 7.26. The molecule has 1 N–H and O–H groups in total. The van der Waals surface area contributed by atoms with E-state index in [1.807, 2.05) is 36.4 Å². The Morgan fingerprint density at radius 3 is 2.58 bits per heavy atom. The molecule has 0 saturated carbocycles. The highest BCUT2D eigenvalue weighted by Crippen LogP contribution is 2.35. The average Bonchev–Trinajstić information content (AvgIpc) is 2.60. The number of halogens is 1. The first-order valence-corrected chi connectivity index (χ1v) is 8.69. The molecule has 1 heterocycles. The predicted molar refractivity (Wildman–Crippen MR) is 96.9 cm³/mol. The Bertz CT molecular complexity index is 758. The molecule has 1 aliphatic rings. The molecule has 3 rings (SSSR count). The van der Waals surface area contributed by atoms with Gasteiger partial charge >= 0.3 is 0 Å². The molecule has 5 heteroatoms. The largest absolute Gasteiger partial charge is 0.486 e. The summed E-state index contributed by atoms with van der Waals surface area (Å²) in [7, 11) is 0. The van der Waals surface area contributed by atoms with Crippen molar-refractivity contribution in [3.63, 3.8) is 0 Å². The van der Waals surface area contributed by atoms with Crippen LogP contribution >= 0.6 is 15.9 Å². The average molecular weight is 390 g/mol. The minimum absolute atomic E-state index is 0.0897. The molecule has 1 aliphatic heterocycles. The van der Waals surface area contributed by atoms with E-state index in [1.165, 1.54) is 0 Å². The van der Waals surface area contributed by atoms with Crippen LogP contribution < -0.4 is 14.8 Å². The number of rotatable bonds is 4. The van der Waals surface area contributed by atoms with E-state index in [2.05, 4.69) is 35.1 Å². The summed E-state index contributed by atoms with van der Waals surface area (Å²) in [5.41, 5.74) is 1.50. The van der Waals surface area contributed by atoms with Gasteiger partial charge < -0.3 is 14.8 Å². The van der Waals surface area contributed by atoms with Crippen molar-refractivity contribution >= 4 is 21.8 Å². The maximum Gasteiger partial charge on any atom is 0.252 e. The van der Waals surface area contributed by atoms with Gasteiger partial charge in [0, 0.05) is 16.4 Å². The monoisotopic (exact) mass is 389 g/mol. The molecule has 24 heavy (non-hydrogen) atoms. The summed E-state index contributed by atoms with van der Waals surface area (Å²) in [6.45, 7) is 5.86. The first-order valence-electron chi connectivity index (χ1n) is 7.90. The topological polar surface area (TPSA) is 47.6 Å². The van der Waals surface area contributed by atoms with Crippen LogP contribution in [0.15, 0.2) is 46.9 Å². The van der Waals surface area contributed by atoms with Crippen LogP contribution in [0.2, 0.25) is 0 Å². The lowest BCUT2D eigenvalue weighted by molar-refractivity contribution is 0.0945. The van der Waals surface area contributed by atoms with Gasteiger partial charge in [0.25, 0.3) is 5.91 Å². The molecule has 0 aliphatic carbocycles. The molecule has 0 spiro atoms. The first-order chi connectivity index (χ1) is 11.5. The molecule has 1 amide bonds. The number of fused-ring (bicyclic) bond motifs is 1. The lowest BCUT2D eigenvalue weighted by Crippen LogP contribution is -2.36. The van der Waals surface area contributed by atoms with E-state index in [0.717, 1.165) is 21.5 Å². The number of hydrogen-bond donors (Lipinski definition) is 1. The number of carbonyl (C=O) groups excluding carboxylic acids is 1. The second kappa shape index (κ2) is 6.85. The standard InChI is InChI=1S/C19H20BrNO3/c1-19(2,12-21-18(22)14-5-3-4-6-15(14)20)13-7-8-16-17(11-13)24-10-9-23-16/h3-8,11H,9-10,12H2,1-2H3,(H,21,22). The van der Waals surface area contributed by atoms with Crippen molar-refractivity contribution in [3.05, 3.63) is 58.1 Å². The summed E-state index contributed by atoms with van der Waals surface area (Å²) in [5, 5.41) is 3.02. The van der Waals surface area contributed by atoms with Gasteiger partial charge in [0.15, 0.2) is 11.5 Å². The third-order valence-corrected chi connectivity index (χ3v) is 4.82. The fourth-order valence-electron chi connectivity index (χ4n) is 2.61. The van der Waals surface area contributed by atoms with Crippen molar-refractivity contribution in [2.45, 2.75) is 19.3 Å². The Morgan fingerprint density at radius 2 is 1.83 bits per heavy atom. The Balaban J connectivity index is 1.72. The lowest BCUT2D eigenvalue weighted by Gasteiger charge is -2.28. The Hall–Kier alpha value is -2.01. The van der Waals surface area contributed by atoms with Crippen molar-refractivity contribution < 1.29 is 14.3 Å². The normalized spacial score (nSPS) is 13.5. The molecular formula is C19H20BrNO3. The van der Waals surface area contributed by atoms with Crippen molar-refractivity contribution in [2.75, 3.05) is 19.8 Å². The van der Waals surface area contributed by atoms with E-state index in [9.17, 15) is 4.79 Å². The van der Waals surface area contributed by atoms with Crippen LogP contribution in [0.1, 0.15) is 29.8 Å². The predicted octanol–water partition coefficient (Wildman–Crippen LogP) is 3.93. The number of ether oxygens (including phenoxy) is 2. The van der Waals surface area contributed by atoms with Gasteiger partial charge in [0.1, 0.15) is 13.2 Å². The Kier molecular flexibility index (Phi) is 4.81. The lowest BCUT2D eigenvalue weighted by atomic mass is 9.84. The van der Waals surface area contributed by atoms with Gasteiger partial charge in [-0.05, 0) is 45.8 Å². The Morgan fingerprint density at radius 1 is 1.12 bits per heavy atom. The van der Waals surface area contributed by atoms with Crippen molar-refractivity contribution in [1.29, 1.82) is 0 Å². The van der Waals surface area contributed by atoms with E-state index >= 15 is 0 Å². The highest BCUT2D eigenvalue weighted by atomic mass is 79.9. The molecule has 0 bridgehead atoms. The second-order valence-electron chi connectivity index (χ2n) is 6.40. The fourth-order valence-corrected chi connectivity index (χ4v) is 3.07. The summed E-state index contributed by atoms with van der Waals surface area (Å²) < 4.78 is 12.0. The van der Waals surface area contributed by atoms with E-state index in [0.29, 0.717) is 25.3 Å². The van der Waals surface area contributed by atoms with Crippen LogP contribution in [0.5, 0.6) is 11.5 Å². The molecule has 0 saturated heterocycles. The molecule has 4 nitrogen and oxygen atoms in total. The molecule has 0 atom stereocenters. The molecule has 0 unspecified atom stereocenters. The third kappa shape index (κ3) is 3.56. The van der Waals surface area contributed by atoms with Crippen molar-refractivity contribution in [3.8, 4) is 11.5 Å². The van der Waals surface area contributed by atoms with Crippen LogP contribution in [-0.4, -0.2) is 25.7 Å². The van der Waals surface area contributed by atoms with Crippen LogP contribution in [0, 0.1) is 0 Å². The van der Waals surface area contributed by atoms with Gasteiger partial charge in [0.05, 0.1) is 5.56 Å². The minimum Gasteiger partial charge on any atom is -0.486 e. The molecule has 0 radical (unpaired) electrons. The molecular weight excluding hydrogens is 370 g/mol. The Labute approximate surface area is 150 Å². The minimum atomic E-state index is -0.229. The molecule has 126 valence electrons. The van der Waals surface area contributed by atoms with Crippen LogP contribution in [0.25, 0.3) is 0 Å². The maximum atomic E-state index is 12.4. The molecule has 2 aromatic carbocycles. The fraction of sp³-hybridized carbons (Fsp3) is 0.316. The van der Waals surface area contributed by atoms with Crippen molar-refractivity contribution in [2.24, 2.45) is 0 Å². The summed E-state index contributed by atoms with van der Waals surface area (Å²) in [5.74, 6) is 1.45. The van der Waals surface area contributed by atoms with Gasteiger partial charge in [-0.2, -0.15) is 0 Å². The SMILES string of the molecule is CC(C)(CNC(=O)c1ccccc1Br)c1ccc2c(c1)OCCO2. The van der Waals surface area contributed by atoms with Gasteiger partial charge in [-0.3, -0.25) is 4.79 Å². The number of benzene rings is 2. The highest BCUT2D eigenvalue weighted by Gasteiger charge is 2.24. The highest BCUT2D eigenvalue weighted by molar-refractivity contribution is 9.10. The van der Waals surface area contributed by atoms with Gasteiger partial charge in [-0.25, -0.2) is 0 Å². The van der Waals surface area contributed by atoms with Gasteiger partial charge in [-0.15, -0.1) is 0 Å². The van der Waals surface area contributed by atoms with Crippen LogP contribution in [0.4, 0.5) is 0 Å². The number of hydrogen-bond acceptors (Lipinski definition) is 3. The summed E-state index contributed by atoms with van der Waals surface area (Å²) in [4.78, 5) is 12.4. The summed E-state index contributed by atoms with van der Waals surface area (Å²) in [6, 6.07) is 13.4. The molecule has 0 aromatic heterocycles. The zero-order chi connectivity index (χ0) is 17.2. The summed E-state index contributed by atoms with van der Waals surface area (Å²) >= 11 is 3.41. The molecule has 2 aromatic rings. The van der Waals surface area contributed by atoms with E-state index in [-0.39, 0.29) is 11.3 Å². The zero-order valence-electron chi connectivity index (χ0n) is 13.8. The number of amides is 1. The summed E-state index contributed by atoms with van der Waals surface area (Å²) in [6.07, 6.45) is 0. The quantitative estimate of drug-likeness (QED) is 0.861. The van der Waals surface area contributed by atoms with E-state index < -0.39 is 0 Å². The number of nitrogens with one attached hydrogen (secondary N) is 1. The third-order valence-electron chi connectivity index (χ3n) is 4.13. The van der Waals surface area contributed by atoms with Crippen LogP contribution in [0.3, 0.4) is 0 Å². The molecule has 0 fully saturated rings. The van der Waals surface area contributed by atoms with Crippen molar-refractivity contribution in [1.82, 2.24) is 5.32 Å². The first kappa shape index (κ1) is 16.8. The van der Waals surface area contributed by atoms with Crippen LogP contribution in [-0.2, 0) is 5.41 Å². The zero-order valence-corrected chi connectivity index (χ0v) is 15.4. The number of carbonyl (C=O) groups is 1. The van der Waals surface area contributed by atoms with Gasteiger partial charge in [0.2, 0.25) is 0 Å². The van der Waals surface area contributed by atoms with E-state index in [4.69, 9.17) is 9.47 Å². The smallest absolute Gasteiger partial charge is 0.252 e. The maximum absolute atomic E-state index is 12.4. The van der Waals surface area contributed by atoms with Gasteiger partial charge in [-0.1, -0.05) is 32.0 Å². The van der Waals surface area contributed by atoms with E-state index in [1.54, 1.807) is 6.07 Å².